The SMILES string of the molecule is CNS(=O)(=O)c1cccc(OC[C@@H](O)CNC2COC3(CCN(S(=O)(=O)c4ccc(OC)c5nonc45)CC3)C2)c1. The van der Waals surface area contributed by atoms with Crippen molar-refractivity contribution in [3.8, 4) is 11.5 Å². The van der Waals surface area contributed by atoms with Gasteiger partial charge in [0.05, 0.1) is 24.2 Å². The molecule has 5 rings (SSSR count). The van der Waals surface area contributed by atoms with Gasteiger partial charge < -0.3 is 24.6 Å². The first-order chi connectivity index (χ1) is 19.6. The molecule has 3 aromatic rings. The van der Waals surface area contributed by atoms with Crippen LogP contribution in [0.15, 0.2) is 50.8 Å². The zero-order valence-corrected chi connectivity index (χ0v) is 24.3. The van der Waals surface area contributed by atoms with E-state index in [9.17, 15) is 21.9 Å². The molecule has 2 aromatic carbocycles. The Bertz CT molecular complexity index is 1590. The van der Waals surface area contributed by atoms with Crippen molar-refractivity contribution in [3.63, 3.8) is 0 Å². The molecule has 1 spiro atoms. The molecule has 2 atom stereocenters. The number of hydrogen-bond donors (Lipinski definition) is 3. The van der Waals surface area contributed by atoms with E-state index in [0.717, 1.165) is 0 Å². The van der Waals surface area contributed by atoms with Gasteiger partial charge in [-0.1, -0.05) is 6.07 Å². The molecule has 0 bridgehead atoms. The van der Waals surface area contributed by atoms with Gasteiger partial charge >= 0.3 is 0 Å². The predicted octanol–water partition coefficient (Wildman–Crippen LogP) is 0.481. The number of nitrogens with one attached hydrogen (secondary N) is 2. The minimum Gasteiger partial charge on any atom is -0.494 e. The first-order valence-corrected chi connectivity index (χ1v) is 16.0. The van der Waals surface area contributed by atoms with E-state index >= 15 is 0 Å². The second-order valence-corrected chi connectivity index (χ2v) is 13.9. The third-order valence-corrected chi connectivity index (χ3v) is 10.8. The van der Waals surface area contributed by atoms with Crippen LogP contribution in [0.1, 0.15) is 19.3 Å². The van der Waals surface area contributed by atoms with Crippen LogP contribution in [0.4, 0.5) is 0 Å². The lowest BCUT2D eigenvalue weighted by Crippen LogP contribution is -2.47. The summed E-state index contributed by atoms with van der Waals surface area (Å²) in [5.41, 5.74) is -0.0723. The van der Waals surface area contributed by atoms with Crippen LogP contribution in [0.5, 0.6) is 11.5 Å². The highest BCUT2D eigenvalue weighted by molar-refractivity contribution is 7.89. The Morgan fingerprint density at radius 1 is 1.15 bits per heavy atom. The third kappa shape index (κ3) is 6.18. The molecule has 2 aliphatic heterocycles. The number of methoxy groups -OCH3 is 1. The molecular formula is C25H33N5O9S2. The lowest BCUT2D eigenvalue weighted by Gasteiger charge is -2.38. The summed E-state index contributed by atoms with van der Waals surface area (Å²) in [5, 5.41) is 21.3. The molecule has 0 aliphatic carbocycles. The fraction of sp³-hybridized carbons (Fsp3) is 0.520. The van der Waals surface area contributed by atoms with E-state index in [2.05, 4.69) is 20.4 Å². The van der Waals surface area contributed by atoms with E-state index < -0.39 is 31.8 Å². The van der Waals surface area contributed by atoms with E-state index in [0.29, 0.717) is 37.4 Å². The van der Waals surface area contributed by atoms with Gasteiger partial charge in [0.1, 0.15) is 29.1 Å². The van der Waals surface area contributed by atoms with Gasteiger partial charge in [-0.25, -0.2) is 26.2 Å². The highest BCUT2D eigenvalue weighted by Gasteiger charge is 2.45. The largest absolute Gasteiger partial charge is 0.494 e. The molecule has 1 aromatic heterocycles. The third-order valence-electron chi connectivity index (χ3n) is 7.49. The summed E-state index contributed by atoms with van der Waals surface area (Å²) in [5.74, 6) is 0.710. The first-order valence-electron chi connectivity index (χ1n) is 13.1. The molecule has 0 amide bonds. The van der Waals surface area contributed by atoms with Crippen molar-refractivity contribution in [3.05, 3.63) is 36.4 Å². The van der Waals surface area contributed by atoms with E-state index in [-0.39, 0.29) is 53.1 Å². The van der Waals surface area contributed by atoms with Crippen molar-refractivity contribution in [1.29, 1.82) is 0 Å². The number of fused-ring (bicyclic) bond motifs is 1. The highest BCUT2D eigenvalue weighted by Crippen LogP contribution is 2.38. The summed E-state index contributed by atoms with van der Waals surface area (Å²) in [6.07, 6.45) is 0.894. The summed E-state index contributed by atoms with van der Waals surface area (Å²) < 4.78 is 76.3. The van der Waals surface area contributed by atoms with Gasteiger partial charge in [0.15, 0.2) is 11.0 Å². The fourth-order valence-corrected chi connectivity index (χ4v) is 7.52. The minimum absolute atomic E-state index is 0.0145. The van der Waals surface area contributed by atoms with Crippen molar-refractivity contribution in [2.24, 2.45) is 0 Å². The zero-order chi connectivity index (χ0) is 29.3. The summed E-state index contributed by atoms with van der Waals surface area (Å²) in [6.45, 7) is 1.23. The molecule has 0 radical (unpaired) electrons. The van der Waals surface area contributed by atoms with Crippen LogP contribution in [-0.4, -0.2) is 101 Å². The Morgan fingerprint density at radius 3 is 2.63 bits per heavy atom. The Labute approximate surface area is 238 Å². The van der Waals surface area contributed by atoms with E-state index in [4.69, 9.17) is 18.8 Å². The van der Waals surface area contributed by atoms with Gasteiger partial charge in [-0.15, -0.1) is 0 Å². The molecule has 0 saturated carbocycles. The molecule has 2 saturated heterocycles. The highest BCUT2D eigenvalue weighted by atomic mass is 32.2. The topological polar surface area (TPSA) is 182 Å². The molecule has 1 unspecified atom stereocenters. The van der Waals surface area contributed by atoms with Gasteiger partial charge in [0, 0.05) is 31.7 Å². The summed E-state index contributed by atoms with van der Waals surface area (Å²) >= 11 is 0. The predicted molar refractivity (Wildman–Crippen MR) is 146 cm³/mol. The molecule has 2 aliphatic rings. The Hall–Kier alpha value is -2.86. The van der Waals surface area contributed by atoms with Crippen molar-refractivity contribution in [2.45, 2.75) is 46.8 Å². The number of sulfonamides is 2. The average molecular weight is 612 g/mol. The Morgan fingerprint density at radius 2 is 1.90 bits per heavy atom. The van der Waals surface area contributed by atoms with Gasteiger partial charge in [0.2, 0.25) is 20.0 Å². The average Bonchev–Trinajstić information content (AvgIpc) is 3.62. The fourth-order valence-electron chi connectivity index (χ4n) is 5.19. The zero-order valence-electron chi connectivity index (χ0n) is 22.6. The number of aliphatic hydroxyl groups is 1. The van der Waals surface area contributed by atoms with Crippen LogP contribution in [0.25, 0.3) is 11.0 Å². The summed E-state index contributed by atoms with van der Waals surface area (Å²) in [4.78, 5) is 0.0915. The number of benzene rings is 2. The van der Waals surface area contributed by atoms with Crippen LogP contribution < -0.4 is 19.5 Å². The maximum absolute atomic E-state index is 13.4. The molecule has 3 heterocycles. The second kappa shape index (κ2) is 11.8. The number of aromatic nitrogens is 2. The smallest absolute Gasteiger partial charge is 0.245 e. The molecule has 14 nitrogen and oxygen atoms in total. The standard InChI is InChI=1S/C25H33N5O9S2/c1-26-40(32,33)20-5-3-4-19(12-20)37-16-18(31)14-27-17-13-25(38-15-17)8-10-30(11-9-25)41(34,35)22-7-6-21(36-2)23-24(22)29-39-28-23/h3-7,12,17-18,26-27,31H,8-11,13-16H2,1-2H3/t17?,18-/m0/s1. The maximum Gasteiger partial charge on any atom is 0.245 e. The number of piperidine rings is 1. The van der Waals surface area contributed by atoms with Crippen molar-refractivity contribution < 1.29 is 40.8 Å². The maximum atomic E-state index is 13.4. The van der Waals surface area contributed by atoms with Crippen LogP contribution in [0, 0.1) is 0 Å². The number of aliphatic hydroxyl groups excluding tert-OH is 1. The second-order valence-electron chi connectivity index (χ2n) is 10.1. The normalized spacial score (nSPS) is 20.4. The number of hydrogen-bond acceptors (Lipinski definition) is 12. The first kappa shape index (κ1) is 29.6. The summed E-state index contributed by atoms with van der Waals surface area (Å²) in [6, 6.07) is 9.01. The Balaban J connectivity index is 1.11. The molecule has 3 N–H and O–H groups in total. The molecular weight excluding hydrogens is 578 g/mol. The molecule has 41 heavy (non-hydrogen) atoms. The Kier molecular flexibility index (Phi) is 8.52. The van der Waals surface area contributed by atoms with Gasteiger partial charge in [-0.2, -0.15) is 4.31 Å². The number of ether oxygens (including phenoxy) is 3. The van der Waals surface area contributed by atoms with Crippen LogP contribution in [0.3, 0.4) is 0 Å². The van der Waals surface area contributed by atoms with Crippen molar-refractivity contribution in [1.82, 2.24) is 24.7 Å². The van der Waals surface area contributed by atoms with Crippen LogP contribution in [-0.2, 0) is 24.8 Å². The minimum atomic E-state index is -3.85. The van der Waals surface area contributed by atoms with Gasteiger partial charge in [0.25, 0.3) is 0 Å². The number of nitrogens with zero attached hydrogens (tertiary/aromatic N) is 3. The lowest BCUT2D eigenvalue weighted by molar-refractivity contribution is -0.0312. The van der Waals surface area contributed by atoms with E-state index in [1.165, 1.54) is 42.7 Å². The van der Waals surface area contributed by atoms with Crippen LogP contribution >= 0.6 is 0 Å². The number of rotatable bonds is 11. The molecule has 224 valence electrons. The van der Waals surface area contributed by atoms with Crippen molar-refractivity contribution >= 4 is 31.1 Å². The van der Waals surface area contributed by atoms with Gasteiger partial charge in [-0.05, 0) is 60.9 Å². The van der Waals surface area contributed by atoms with Crippen LogP contribution in [0.2, 0.25) is 0 Å². The van der Waals surface area contributed by atoms with Crippen molar-refractivity contribution in [2.75, 3.05) is 47.0 Å². The monoisotopic (exact) mass is 611 g/mol. The summed E-state index contributed by atoms with van der Waals surface area (Å²) in [7, 11) is -4.65. The lowest BCUT2D eigenvalue weighted by atomic mass is 9.88. The van der Waals surface area contributed by atoms with E-state index in [1.807, 2.05) is 0 Å². The quantitative estimate of drug-likeness (QED) is 0.273. The van der Waals surface area contributed by atoms with Gasteiger partial charge in [-0.3, -0.25) is 0 Å². The molecule has 16 heteroatoms. The van der Waals surface area contributed by atoms with E-state index in [1.54, 1.807) is 12.1 Å². The molecule has 2 fully saturated rings.